The van der Waals surface area contributed by atoms with E-state index < -0.39 is 17.9 Å². The molecule has 1 N–H and O–H groups in total. The lowest BCUT2D eigenvalue weighted by Crippen LogP contribution is -2.39. The van der Waals surface area contributed by atoms with Gasteiger partial charge in [-0.3, -0.25) is 19.7 Å². The van der Waals surface area contributed by atoms with Crippen molar-refractivity contribution in [3.8, 4) is 22.5 Å². The van der Waals surface area contributed by atoms with Crippen LogP contribution in [0, 0.1) is 12.8 Å². The number of carbonyl (C=O) groups is 1. The van der Waals surface area contributed by atoms with E-state index in [1.807, 2.05) is 13.8 Å². The summed E-state index contributed by atoms with van der Waals surface area (Å²) in [6, 6.07) is 6.97. The van der Waals surface area contributed by atoms with Crippen molar-refractivity contribution in [1.82, 2.24) is 19.9 Å². The highest BCUT2D eigenvalue weighted by Crippen LogP contribution is 2.35. The summed E-state index contributed by atoms with van der Waals surface area (Å²) >= 11 is 0. The molecule has 3 heterocycles. The lowest BCUT2D eigenvalue weighted by atomic mass is 10.0. The molecule has 0 fully saturated rings. The Labute approximate surface area is 195 Å². The SMILES string of the molecule is Cc1cc(-c2ccc(C(F)(F)F)nc2)nc(-c2cccnc2)c1/N=C\N(C=O)C(CO)C(C)C. The van der Waals surface area contributed by atoms with Crippen molar-refractivity contribution in [2.45, 2.75) is 33.0 Å². The van der Waals surface area contributed by atoms with E-state index in [0.29, 0.717) is 40.2 Å². The number of halogens is 3. The molecule has 0 aliphatic rings. The maximum absolute atomic E-state index is 12.9. The highest BCUT2D eigenvalue weighted by molar-refractivity contribution is 5.82. The minimum Gasteiger partial charge on any atom is -0.394 e. The number of aromatic nitrogens is 3. The molecule has 0 radical (unpaired) electrons. The number of pyridine rings is 3. The van der Waals surface area contributed by atoms with Crippen LogP contribution in [0.25, 0.3) is 22.5 Å². The van der Waals surface area contributed by atoms with Crippen molar-refractivity contribution >= 4 is 18.4 Å². The van der Waals surface area contributed by atoms with E-state index in [4.69, 9.17) is 0 Å². The highest BCUT2D eigenvalue weighted by atomic mass is 19.4. The first kappa shape index (κ1) is 25.0. The van der Waals surface area contributed by atoms with Crippen LogP contribution in [0.15, 0.2) is 53.9 Å². The normalized spacial score (nSPS) is 12.8. The van der Waals surface area contributed by atoms with E-state index in [1.54, 1.807) is 37.5 Å². The van der Waals surface area contributed by atoms with Gasteiger partial charge in [0.05, 0.1) is 36.1 Å². The second kappa shape index (κ2) is 10.5. The molecule has 0 bridgehead atoms. The molecule has 10 heteroatoms. The second-order valence-corrected chi connectivity index (χ2v) is 7.98. The topological polar surface area (TPSA) is 91.6 Å². The Morgan fingerprint density at radius 3 is 2.47 bits per heavy atom. The second-order valence-electron chi connectivity index (χ2n) is 7.98. The van der Waals surface area contributed by atoms with Gasteiger partial charge >= 0.3 is 6.18 Å². The molecule has 178 valence electrons. The summed E-state index contributed by atoms with van der Waals surface area (Å²) in [6.07, 6.45) is 1.73. The smallest absolute Gasteiger partial charge is 0.394 e. The van der Waals surface area contributed by atoms with Gasteiger partial charge in [-0.05, 0) is 48.7 Å². The predicted molar refractivity (Wildman–Crippen MR) is 122 cm³/mol. The van der Waals surface area contributed by atoms with Gasteiger partial charge in [0.2, 0.25) is 6.41 Å². The summed E-state index contributed by atoms with van der Waals surface area (Å²) in [6.45, 7) is 5.32. The van der Waals surface area contributed by atoms with Crippen LogP contribution in [0.4, 0.5) is 18.9 Å². The van der Waals surface area contributed by atoms with Crippen molar-refractivity contribution in [3.63, 3.8) is 0 Å². The zero-order valence-electron chi connectivity index (χ0n) is 18.9. The number of hydrogen-bond donors (Lipinski definition) is 1. The van der Waals surface area contributed by atoms with E-state index >= 15 is 0 Å². The molecule has 3 rings (SSSR count). The molecule has 3 aromatic rings. The third-order valence-electron chi connectivity index (χ3n) is 5.25. The van der Waals surface area contributed by atoms with Gasteiger partial charge in [-0.25, -0.2) is 9.98 Å². The number of hydrogen-bond acceptors (Lipinski definition) is 6. The van der Waals surface area contributed by atoms with E-state index in [0.717, 1.165) is 12.3 Å². The number of rotatable bonds is 8. The number of aliphatic imine (C=N–C) groups is 1. The lowest BCUT2D eigenvalue weighted by Gasteiger charge is -2.26. The molecule has 0 aliphatic heterocycles. The zero-order chi connectivity index (χ0) is 24.9. The summed E-state index contributed by atoms with van der Waals surface area (Å²) in [7, 11) is 0. The standard InChI is InChI=1S/C24H24F3N5O2/c1-15(2)20(12-33)32(14-34)13-30-22-16(3)9-19(31-23(22)18-5-4-8-28-10-18)17-6-7-21(29-11-17)24(25,26)27/h4-11,13-15,20,33H,12H2,1-3H3/b30-13-. The minimum absolute atomic E-state index is 0.00629. The molecule has 34 heavy (non-hydrogen) atoms. The maximum atomic E-state index is 12.9. The van der Waals surface area contributed by atoms with E-state index in [2.05, 4.69) is 19.9 Å². The average molecular weight is 471 g/mol. The van der Waals surface area contributed by atoms with Crippen LogP contribution in [-0.4, -0.2) is 50.4 Å². The van der Waals surface area contributed by atoms with Crippen LogP contribution >= 0.6 is 0 Å². The number of alkyl halides is 3. The summed E-state index contributed by atoms with van der Waals surface area (Å²) < 4.78 is 38.7. The van der Waals surface area contributed by atoms with E-state index in [9.17, 15) is 23.1 Å². The highest BCUT2D eigenvalue weighted by Gasteiger charge is 2.32. The Kier molecular flexibility index (Phi) is 7.72. The predicted octanol–water partition coefficient (Wildman–Crippen LogP) is 4.67. The zero-order valence-corrected chi connectivity index (χ0v) is 18.9. The third kappa shape index (κ3) is 5.63. The fourth-order valence-electron chi connectivity index (χ4n) is 3.36. The fraction of sp³-hybridized carbons (Fsp3) is 0.292. The van der Waals surface area contributed by atoms with Crippen molar-refractivity contribution in [3.05, 3.63) is 60.2 Å². The lowest BCUT2D eigenvalue weighted by molar-refractivity contribution is -0.141. The average Bonchev–Trinajstić information content (AvgIpc) is 2.81. The van der Waals surface area contributed by atoms with Gasteiger partial charge in [-0.2, -0.15) is 13.2 Å². The monoisotopic (exact) mass is 471 g/mol. The quantitative estimate of drug-likeness (QED) is 0.293. The molecule has 0 saturated carbocycles. The third-order valence-corrected chi connectivity index (χ3v) is 5.25. The number of aliphatic hydroxyl groups is 1. The van der Waals surface area contributed by atoms with Crippen molar-refractivity contribution in [2.24, 2.45) is 10.9 Å². The molecule has 0 saturated heterocycles. The van der Waals surface area contributed by atoms with Gasteiger partial charge in [-0.1, -0.05) is 13.8 Å². The molecular formula is C24H24F3N5O2. The van der Waals surface area contributed by atoms with Crippen LogP contribution < -0.4 is 0 Å². The van der Waals surface area contributed by atoms with Crippen LogP contribution in [-0.2, 0) is 11.0 Å². The Bertz CT molecular complexity index is 1150. The number of carbonyl (C=O) groups excluding carboxylic acids is 1. The molecule has 0 aromatic carbocycles. The van der Waals surface area contributed by atoms with Crippen molar-refractivity contribution in [2.75, 3.05) is 6.61 Å². The maximum Gasteiger partial charge on any atom is 0.433 e. The van der Waals surface area contributed by atoms with Gasteiger partial charge in [0.25, 0.3) is 0 Å². The summed E-state index contributed by atoms with van der Waals surface area (Å²) in [5, 5.41) is 9.66. The molecule has 0 spiro atoms. The molecular weight excluding hydrogens is 447 g/mol. The molecule has 1 amide bonds. The first-order valence-electron chi connectivity index (χ1n) is 10.5. The van der Waals surface area contributed by atoms with E-state index in [1.165, 1.54) is 17.3 Å². The van der Waals surface area contributed by atoms with Gasteiger partial charge in [0.1, 0.15) is 5.69 Å². The largest absolute Gasteiger partial charge is 0.433 e. The van der Waals surface area contributed by atoms with Crippen LogP contribution in [0.5, 0.6) is 0 Å². The summed E-state index contributed by atoms with van der Waals surface area (Å²) in [5.74, 6) is -0.00629. The molecule has 1 unspecified atom stereocenters. The van der Waals surface area contributed by atoms with Gasteiger partial charge in [-0.15, -0.1) is 0 Å². The Hall–Kier alpha value is -3.66. The van der Waals surface area contributed by atoms with Crippen LogP contribution in [0.1, 0.15) is 25.1 Å². The number of aliphatic hydroxyl groups excluding tert-OH is 1. The first-order valence-corrected chi connectivity index (χ1v) is 10.5. The van der Waals surface area contributed by atoms with Crippen LogP contribution in [0.3, 0.4) is 0 Å². The minimum atomic E-state index is -4.53. The Morgan fingerprint density at radius 2 is 1.94 bits per heavy atom. The van der Waals surface area contributed by atoms with E-state index in [-0.39, 0.29) is 12.5 Å². The molecule has 0 aliphatic carbocycles. The number of amides is 1. The first-order chi connectivity index (χ1) is 16.2. The van der Waals surface area contributed by atoms with Gasteiger partial charge in [0, 0.05) is 29.7 Å². The molecule has 1 atom stereocenters. The summed E-state index contributed by atoms with van der Waals surface area (Å²) in [4.78, 5) is 29.7. The van der Waals surface area contributed by atoms with Gasteiger partial charge in [0.15, 0.2) is 0 Å². The Balaban J connectivity index is 2.10. The molecule has 3 aromatic heterocycles. The Morgan fingerprint density at radius 1 is 1.18 bits per heavy atom. The van der Waals surface area contributed by atoms with Crippen LogP contribution in [0.2, 0.25) is 0 Å². The molecule has 7 nitrogen and oxygen atoms in total. The number of nitrogens with zero attached hydrogens (tertiary/aromatic N) is 5. The summed E-state index contributed by atoms with van der Waals surface area (Å²) in [5.41, 5.74) is 2.06. The van der Waals surface area contributed by atoms with Gasteiger partial charge < -0.3 is 5.11 Å². The number of aryl methyl sites for hydroxylation is 1. The van der Waals surface area contributed by atoms with Crippen molar-refractivity contribution < 1.29 is 23.1 Å². The van der Waals surface area contributed by atoms with Crippen molar-refractivity contribution in [1.29, 1.82) is 0 Å². The fourth-order valence-corrected chi connectivity index (χ4v) is 3.36.